The quantitative estimate of drug-likeness (QED) is 0.593. The summed E-state index contributed by atoms with van der Waals surface area (Å²) in [7, 11) is -3.70. The average molecular weight is 458 g/mol. The summed E-state index contributed by atoms with van der Waals surface area (Å²) in [5, 5.41) is 2.96. The van der Waals surface area contributed by atoms with E-state index in [0.717, 1.165) is 31.2 Å². The van der Waals surface area contributed by atoms with Gasteiger partial charge in [0, 0.05) is 30.9 Å². The van der Waals surface area contributed by atoms with Crippen LogP contribution < -0.4 is 10.0 Å². The average Bonchev–Trinajstić information content (AvgIpc) is 2.79. The summed E-state index contributed by atoms with van der Waals surface area (Å²) in [5.74, 6) is -0.328. The highest BCUT2D eigenvalue weighted by atomic mass is 32.2. The van der Waals surface area contributed by atoms with E-state index >= 15 is 0 Å². The Labute approximate surface area is 190 Å². The second kappa shape index (κ2) is 10.6. The van der Waals surface area contributed by atoms with E-state index in [4.69, 9.17) is 0 Å². The molecule has 7 nitrogen and oxygen atoms in total. The first-order valence-electron chi connectivity index (χ1n) is 11.1. The summed E-state index contributed by atoms with van der Waals surface area (Å²) in [6, 6.07) is 13.0. The van der Waals surface area contributed by atoms with Crippen molar-refractivity contribution in [2.45, 2.75) is 44.4 Å². The summed E-state index contributed by atoms with van der Waals surface area (Å²) >= 11 is 0. The normalized spacial score (nSPS) is 16.4. The number of likely N-dealkylation sites (tertiary alicyclic amines) is 1. The molecule has 0 unspecified atom stereocenters. The number of hydrogen-bond acceptors (Lipinski definition) is 4. The number of sulfonamides is 1. The number of rotatable bonds is 8. The Morgan fingerprint density at radius 2 is 1.75 bits per heavy atom. The highest BCUT2D eigenvalue weighted by Crippen LogP contribution is 2.21. The van der Waals surface area contributed by atoms with Gasteiger partial charge in [0.05, 0.1) is 10.8 Å². The third-order valence-electron chi connectivity index (χ3n) is 5.62. The first-order valence-corrected chi connectivity index (χ1v) is 12.5. The number of aryl methyl sites for hydroxylation is 1. The number of carbonyl (C=O) groups is 2. The van der Waals surface area contributed by atoms with E-state index in [0.29, 0.717) is 30.9 Å². The molecule has 1 heterocycles. The van der Waals surface area contributed by atoms with Gasteiger partial charge in [0.15, 0.2) is 0 Å². The van der Waals surface area contributed by atoms with E-state index in [9.17, 15) is 18.0 Å². The van der Waals surface area contributed by atoms with Crippen LogP contribution in [0.5, 0.6) is 0 Å². The molecule has 172 valence electrons. The van der Waals surface area contributed by atoms with Gasteiger partial charge in [-0.1, -0.05) is 31.0 Å². The van der Waals surface area contributed by atoms with Crippen molar-refractivity contribution in [1.29, 1.82) is 0 Å². The molecule has 1 atom stereocenters. The maximum absolute atomic E-state index is 12.9. The molecule has 1 aliphatic rings. The van der Waals surface area contributed by atoms with Gasteiger partial charge in [0.2, 0.25) is 5.91 Å². The number of unbranched alkanes of at least 4 members (excludes halogenated alkanes) is 1. The molecule has 8 heteroatoms. The molecule has 32 heavy (non-hydrogen) atoms. The van der Waals surface area contributed by atoms with Crippen molar-refractivity contribution in [3.8, 4) is 0 Å². The largest absolute Gasteiger partial charge is 0.356 e. The number of piperidine rings is 1. The molecule has 0 aromatic heterocycles. The monoisotopic (exact) mass is 457 g/mol. The van der Waals surface area contributed by atoms with E-state index in [1.54, 1.807) is 53.4 Å². The Morgan fingerprint density at radius 3 is 2.41 bits per heavy atom. The molecule has 2 N–H and O–H groups in total. The Kier molecular flexibility index (Phi) is 7.90. The minimum atomic E-state index is -3.70. The van der Waals surface area contributed by atoms with Gasteiger partial charge >= 0.3 is 0 Å². The summed E-state index contributed by atoms with van der Waals surface area (Å²) < 4.78 is 27.6. The second-order valence-corrected chi connectivity index (χ2v) is 9.91. The molecule has 1 saturated heterocycles. The highest BCUT2D eigenvalue weighted by Gasteiger charge is 2.28. The fraction of sp³-hybridized carbons (Fsp3) is 0.417. The van der Waals surface area contributed by atoms with E-state index in [2.05, 4.69) is 17.0 Å². The van der Waals surface area contributed by atoms with Crippen LogP contribution in [0.25, 0.3) is 0 Å². The maximum Gasteiger partial charge on any atom is 0.261 e. The lowest BCUT2D eigenvalue weighted by atomic mass is 9.96. The molecule has 0 saturated carbocycles. The third kappa shape index (κ3) is 6.09. The molecule has 0 radical (unpaired) electrons. The van der Waals surface area contributed by atoms with E-state index in [1.165, 1.54) is 0 Å². The summed E-state index contributed by atoms with van der Waals surface area (Å²) in [6.07, 6.45) is 3.53. The number of carbonyl (C=O) groups excluding carboxylic acids is 2. The molecule has 0 spiro atoms. The fourth-order valence-corrected chi connectivity index (χ4v) is 4.76. The van der Waals surface area contributed by atoms with Crippen molar-refractivity contribution in [3.05, 3.63) is 59.7 Å². The first-order chi connectivity index (χ1) is 15.3. The van der Waals surface area contributed by atoms with Gasteiger partial charge in [-0.05, 0) is 62.6 Å². The van der Waals surface area contributed by atoms with Crippen LogP contribution in [0.15, 0.2) is 53.4 Å². The van der Waals surface area contributed by atoms with Crippen molar-refractivity contribution in [1.82, 2.24) is 10.2 Å². The highest BCUT2D eigenvalue weighted by molar-refractivity contribution is 7.92. The Morgan fingerprint density at radius 1 is 1.06 bits per heavy atom. The zero-order valence-electron chi connectivity index (χ0n) is 18.6. The lowest BCUT2D eigenvalue weighted by Gasteiger charge is -2.32. The van der Waals surface area contributed by atoms with Gasteiger partial charge in [0.25, 0.3) is 15.9 Å². The Bertz CT molecular complexity index is 1030. The minimum absolute atomic E-state index is 0.0109. The topological polar surface area (TPSA) is 95.6 Å². The summed E-state index contributed by atoms with van der Waals surface area (Å²) in [5.41, 5.74) is 1.83. The lowest BCUT2D eigenvalue weighted by molar-refractivity contribution is -0.126. The van der Waals surface area contributed by atoms with Gasteiger partial charge in [-0.3, -0.25) is 14.3 Å². The molecular weight excluding hydrogens is 426 g/mol. The van der Waals surface area contributed by atoms with Gasteiger partial charge in [-0.15, -0.1) is 0 Å². The van der Waals surface area contributed by atoms with Crippen LogP contribution in [0.1, 0.15) is 48.5 Å². The lowest BCUT2D eigenvalue weighted by Crippen LogP contribution is -2.45. The number of benzene rings is 2. The predicted molar refractivity (Wildman–Crippen MR) is 125 cm³/mol. The molecule has 0 aliphatic carbocycles. The van der Waals surface area contributed by atoms with Crippen LogP contribution in [0.3, 0.4) is 0 Å². The number of amides is 2. The Balaban J connectivity index is 1.62. The van der Waals surface area contributed by atoms with Crippen molar-refractivity contribution < 1.29 is 18.0 Å². The molecule has 2 aromatic carbocycles. The second-order valence-electron chi connectivity index (χ2n) is 8.23. The number of nitrogens with zero attached hydrogens (tertiary/aromatic N) is 1. The molecule has 2 aromatic rings. The van der Waals surface area contributed by atoms with E-state index in [-0.39, 0.29) is 22.6 Å². The molecule has 2 amide bonds. The van der Waals surface area contributed by atoms with Gasteiger partial charge < -0.3 is 10.2 Å². The van der Waals surface area contributed by atoms with E-state index < -0.39 is 10.0 Å². The summed E-state index contributed by atoms with van der Waals surface area (Å²) in [4.78, 5) is 27.2. The molecule has 3 rings (SSSR count). The molecular formula is C24H31N3O4S. The summed E-state index contributed by atoms with van der Waals surface area (Å²) in [6.45, 7) is 5.65. The molecule has 0 bridgehead atoms. The minimum Gasteiger partial charge on any atom is -0.356 e. The fourth-order valence-electron chi connectivity index (χ4n) is 3.70. The SMILES string of the molecule is CCCCNC(=O)[C@@H]1CCCN(C(=O)c2ccc(NS(=O)(=O)c3ccc(C)cc3)cc2)C1. The zero-order chi connectivity index (χ0) is 23.1. The number of nitrogens with one attached hydrogen (secondary N) is 2. The first kappa shape index (κ1) is 23.8. The van der Waals surface area contributed by atoms with Crippen molar-refractivity contribution in [3.63, 3.8) is 0 Å². The van der Waals surface area contributed by atoms with Crippen LogP contribution in [0.2, 0.25) is 0 Å². The molecule has 1 aliphatic heterocycles. The van der Waals surface area contributed by atoms with Gasteiger partial charge in [-0.2, -0.15) is 0 Å². The van der Waals surface area contributed by atoms with E-state index in [1.807, 2.05) is 6.92 Å². The van der Waals surface area contributed by atoms with Crippen LogP contribution in [-0.4, -0.2) is 44.8 Å². The van der Waals surface area contributed by atoms with Crippen molar-refractivity contribution >= 4 is 27.5 Å². The van der Waals surface area contributed by atoms with Gasteiger partial charge in [0.1, 0.15) is 0 Å². The van der Waals surface area contributed by atoms with Crippen LogP contribution in [0.4, 0.5) is 5.69 Å². The van der Waals surface area contributed by atoms with Crippen LogP contribution in [0, 0.1) is 12.8 Å². The van der Waals surface area contributed by atoms with Crippen molar-refractivity contribution in [2.24, 2.45) is 5.92 Å². The smallest absolute Gasteiger partial charge is 0.261 e. The third-order valence-corrected chi connectivity index (χ3v) is 7.02. The Hall–Kier alpha value is -2.87. The maximum atomic E-state index is 12.9. The number of hydrogen-bond donors (Lipinski definition) is 2. The molecule has 1 fully saturated rings. The van der Waals surface area contributed by atoms with Crippen LogP contribution in [-0.2, 0) is 14.8 Å². The zero-order valence-corrected chi connectivity index (χ0v) is 19.5. The van der Waals surface area contributed by atoms with Crippen molar-refractivity contribution in [2.75, 3.05) is 24.4 Å². The number of anilines is 1. The van der Waals surface area contributed by atoms with Crippen LogP contribution >= 0.6 is 0 Å². The predicted octanol–water partition coefficient (Wildman–Crippen LogP) is 3.56. The van der Waals surface area contributed by atoms with Gasteiger partial charge in [-0.25, -0.2) is 8.42 Å². The standard InChI is InChI=1S/C24H31N3O4S/c1-3-4-15-25-23(28)20-6-5-16-27(17-20)24(29)19-9-11-21(12-10-19)26-32(30,31)22-13-7-18(2)8-14-22/h7-14,20,26H,3-6,15-17H2,1-2H3,(H,25,28)/t20-/m1/s1.